The van der Waals surface area contributed by atoms with Crippen LogP contribution >= 0.6 is 0 Å². The van der Waals surface area contributed by atoms with Crippen molar-refractivity contribution in [1.82, 2.24) is 0 Å². The summed E-state index contributed by atoms with van der Waals surface area (Å²) in [6, 6.07) is 6.04. The molecule has 0 radical (unpaired) electrons. The van der Waals surface area contributed by atoms with Gasteiger partial charge in [0.1, 0.15) is 11.5 Å². The van der Waals surface area contributed by atoms with Crippen molar-refractivity contribution in [2.45, 2.75) is 85.0 Å². The first-order valence-corrected chi connectivity index (χ1v) is 10.1. The van der Waals surface area contributed by atoms with Crippen molar-refractivity contribution in [3.05, 3.63) is 29.3 Å². The molecule has 0 spiro atoms. The van der Waals surface area contributed by atoms with E-state index < -0.39 is 17.7 Å². The lowest BCUT2D eigenvalue weighted by atomic mass is 9.80. The van der Waals surface area contributed by atoms with Crippen LogP contribution < -0.4 is 11.5 Å². The van der Waals surface area contributed by atoms with Crippen LogP contribution in [0, 0.1) is 5.92 Å². The molecule has 0 saturated carbocycles. The highest BCUT2D eigenvalue weighted by atomic mass is 16.3. The molecule has 1 aromatic rings. The number of phenols is 1. The second kappa shape index (κ2) is 11.0. The molecule has 29 heavy (non-hydrogen) atoms. The molecule has 1 aromatic carbocycles. The van der Waals surface area contributed by atoms with Crippen LogP contribution in [-0.2, 0) is 25.2 Å². The molecule has 1 rings (SSSR count). The van der Waals surface area contributed by atoms with Gasteiger partial charge in [0, 0.05) is 12.8 Å². The van der Waals surface area contributed by atoms with Crippen LogP contribution in [0.5, 0.6) is 5.75 Å². The van der Waals surface area contributed by atoms with Gasteiger partial charge in [0.2, 0.25) is 11.8 Å². The van der Waals surface area contributed by atoms with Gasteiger partial charge in [0.05, 0.1) is 5.92 Å². The van der Waals surface area contributed by atoms with E-state index >= 15 is 0 Å². The van der Waals surface area contributed by atoms with Crippen LogP contribution in [-0.4, -0.2) is 22.7 Å². The third kappa shape index (κ3) is 9.11. The van der Waals surface area contributed by atoms with E-state index in [2.05, 4.69) is 41.5 Å². The fourth-order valence-corrected chi connectivity index (χ4v) is 2.94. The Hall–Kier alpha value is -2.37. The third-order valence-electron chi connectivity index (χ3n) is 4.65. The Balaban J connectivity index is 0.000000543. The molecule has 6 heteroatoms. The van der Waals surface area contributed by atoms with Crippen molar-refractivity contribution >= 4 is 17.6 Å². The molecule has 0 heterocycles. The first-order valence-electron chi connectivity index (χ1n) is 10.1. The summed E-state index contributed by atoms with van der Waals surface area (Å²) < 4.78 is 0. The number of aromatic hydroxyl groups is 1. The molecule has 1 unspecified atom stereocenters. The largest absolute Gasteiger partial charge is 0.507 e. The second-order valence-electron chi connectivity index (χ2n) is 9.34. The zero-order valence-corrected chi connectivity index (χ0v) is 19.0. The highest BCUT2D eigenvalue weighted by Crippen LogP contribution is 2.38. The quantitative estimate of drug-likeness (QED) is 0.597. The number of carbonyl (C=O) groups excluding carboxylic acids is 3. The van der Waals surface area contributed by atoms with Gasteiger partial charge < -0.3 is 16.6 Å². The van der Waals surface area contributed by atoms with Crippen LogP contribution in [0.3, 0.4) is 0 Å². The fourth-order valence-electron chi connectivity index (χ4n) is 2.94. The number of benzene rings is 1. The molecule has 5 N–H and O–H groups in total. The average molecular weight is 407 g/mol. The molecule has 164 valence electrons. The number of rotatable bonds is 7. The van der Waals surface area contributed by atoms with E-state index in [1.165, 1.54) is 0 Å². The van der Waals surface area contributed by atoms with Crippen LogP contribution in [0.1, 0.15) is 85.3 Å². The maximum atomic E-state index is 11.2. The van der Waals surface area contributed by atoms with Crippen molar-refractivity contribution in [2.24, 2.45) is 17.4 Å². The van der Waals surface area contributed by atoms with Crippen LogP contribution in [0.25, 0.3) is 0 Å². The standard InChI is InChI=1S/C14H22O.C9H16N2O3/c1-13(2,3)10-8-7-9-11(12(10)15)14(4,5)6;1-2-7(12)6(9(11)14)4-3-5-8(10)13/h7-9,15H,1-6H3;6H,2-5H2,1H3,(H2,10,13)(H2,11,14). The van der Waals surface area contributed by atoms with E-state index in [1.807, 2.05) is 18.2 Å². The molecule has 0 fully saturated rings. The molecule has 6 nitrogen and oxygen atoms in total. The van der Waals surface area contributed by atoms with Gasteiger partial charge in [-0.3, -0.25) is 14.4 Å². The summed E-state index contributed by atoms with van der Waals surface area (Å²) in [5.74, 6) is -1.54. The Kier molecular flexibility index (Phi) is 10.1. The Morgan fingerprint density at radius 2 is 1.41 bits per heavy atom. The van der Waals surface area contributed by atoms with Gasteiger partial charge in [-0.15, -0.1) is 0 Å². The maximum Gasteiger partial charge on any atom is 0.227 e. The summed E-state index contributed by atoms with van der Waals surface area (Å²) in [5, 5.41) is 10.3. The third-order valence-corrected chi connectivity index (χ3v) is 4.65. The molecule has 0 aliphatic heterocycles. The predicted octanol–water partition coefficient (Wildman–Crippen LogP) is 3.71. The van der Waals surface area contributed by atoms with Gasteiger partial charge in [-0.05, 0) is 34.8 Å². The summed E-state index contributed by atoms with van der Waals surface area (Å²) >= 11 is 0. The number of hydrogen-bond donors (Lipinski definition) is 3. The van der Waals surface area contributed by atoms with E-state index in [0.29, 0.717) is 18.6 Å². The van der Waals surface area contributed by atoms with Gasteiger partial charge in [-0.25, -0.2) is 0 Å². The summed E-state index contributed by atoms with van der Waals surface area (Å²) in [4.78, 5) is 32.5. The topological polar surface area (TPSA) is 123 Å². The van der Waals surface area contributed by atoms with E-state index in [9.17, 15) is 19.5 Å². The minimum Gasteiger partial charge on any atom is -0.507 e. The maximum absolute atomic E-state index is 11.2. The monoisotopic (exact) mass is 406 g/mol. The van der Waals surface area contributed by atoms with Gasteiger partial charge >= 0.3 is 0 Å². The van der Waals surface area contributed by atoms with E-state index in [1.54, 1.807) is 6.92 Å². The van der Waals surface area contributed by atoms with Crippen molar-refractivity contribution in [3.8, 4) is 5.75 Å². The van der Waals surface area contributed by atoms with Gasteiger partial charge in [-0.1, -0.05) is 66.7 Å². The van der Waals surface area contributed by atoms with Crippen molar-refractivity contribution in [2.75, 3.05) is 0 Å². The highest BCUT2D eigenvalue weighted by Gasteiger charge is 2.24. The number of hydrogen-bond acceptors (Lipinski definition) is 4. The minimum atomic E-state index is -0.764. The molecular formula is C23H38N2O4. The number of amides is 2. The molecule has 0 aliphatic carbocycles. The lowest BCUT2D eigenvalue weighted by Crippen LogP contribution is -2.30. The molecule has 0 saturated heterocycles. The number of phenolic OH excluding ortho intramolecular Hbond substituents is 1. The van der Waals surface area contributed by atoms with Crippen molar-refractivity contribution < 1.29 is 19.5 Å². The molecule has 2 amide bonds. The SMILES string of the molecule is CC(C)(C)c1cccc(C(C)(C)C)c1O.CCC(=O)C(CCCC(N)=O)C(N)=O. The molecular weight excluding hydrogens is 368 g/mol. The average Bonchev–Trinajstić information content (AvgIpc) is 2.56. The Morgan fingerprint density at radius 1 is 0.966 bits per heavy atom. The zero-order chi connectivity index (χ0) is 23.0. The number of ketones is 1. The Labute approximate surface area is 175 Å². The van der Waals surface area contributed by atoms with Crippen molar-refractivity contribution in [1.29, 1.82) is 0 Å². The first-order chi connectivity index (χ1) is 13.1. The Morgan fingerprint density at radius 3 is 1.72 bits per heavy atom. The smallest absolute Gasteiger partial charge is 0.227 e. The summed E-state index contributed by atoms with van der Waals surface area (Å²) in [7, 11) is 0. The zero-order valence-electron chi connectivity index (χ0n) is 19.0. The number of nitrogens with two attached hydrogens (primary N) is 2. The molecule has 0 aliphatic rings. The molecule has 0 aromatic heterocycles. The number of carbonyl (C=O) groups is 3. The Bertz CT molecular complexity index is 680. The highest BCUT2D eigenvalue weighted by molar-refractivity contribution is 6.00. The van der Waals surface area contributed by atoms with E-state index in [0.717, 1.165) is 11.1 Å². The molecule has 1 atom stereocenters. The first kappa shape index (κ1) is 26.6. The number of Topliss-reactive ketones (excluding diaryl/α,β-unsaturated/α-hetero) is 1. The minimum absolute atomic E-state index is 0.00859. The lowest BCUT2D eigenvalue weighted by molar-refractivity contribution is -0.132. The van der Waals surface area contributed by atoms with Gasteiger partial charge in [-0.2, -0.15) is 0 Å². The van der Waals surface area contributed by atoms with E-state index in [4.69, 9.17) is 11.5 Å². The molecule has 0 bridgehead atoms. The number of para-hydroxylation sites is 1. The fraction of sp³-hybridized carbons (Fsp3) is 0.609. The van der Waals surface area contributed by atoms with Crippen LogP contribution in [0.2, 0.25) is 0 Å². The second-order valence-corrected chi connectivity index (χ2v) is 9.34. The number of primary amides is 2. The summed E-state index contributed by atoms with van der Waals surface area (Å²) in [6.45, 7) is 14.4. The summed E-state index contributed by atoms with van der Waals surface area (Å²) in [5.41, 5.74) is 12.0. The predicted molar refractivity (Wildman–Crippen MR) is 117 cm³/mol. The normalized spacial score (nSPS) is 12.5. The van der Waals surface area contributed by atoms with Gasteiger partial charge in [0.25, 0.3) is 0 Å². The van der Waals surface area contributed by atoms with Gasteiger partial charge in [0.15, 0.2) is 0 Å². The van der Waals surface area contributed by atoms with Crippen LogP contribution in [0.4, 0.5) is 0 Å². The van der Waals surface area contributed by atoms with E-state index in [-0.39, 0.29) is 29.5 Å². The van der Waals surface area contributed by atoms with Crippen LogP contribution in [0.15, 0.2) is 18.2 Å². The van der Waals surface area contributed by atoms with Crippen molar-refractivity contribution in [3.63, 3.8) is 0 Å². The lowest BCUT2D eigenvalue weighted by Gasteiger charge is -2.26. The summed E-state index contributed by atoms with van der Waals surface area (Å²) in [6.07, 6.45) is 1.20.